The molecule has 1 atom stereocenters. The Kier molecular flexibility index (Phi) is 17.3. The van der Waals surface area contributed by atoms with E-state index in [0.717, 1.165) is 10.5 Å². The van der Waals surface area contributed by atoms with Gasteiger partial charge in [0, 0.05) is 0 Å². The van der Waals surface area contributed by atoms with E-state index < -0.39 is 0 Å². The summed E-state index contributed by atoms with van der Waals surface area (Å²) in [5, 5.41) is 0. The van der Waals surface area contributed by atoms with Crippen LogP contribution in [0.1, 0.15) is 97.3 Å². The molecule has 0 saturated carbocycles. The molecule has 1 unspecified atom stereocenters. The Bertz CT molecular complexity index is 198. The van der Waals surface area contributed by atoms with E-state index in [1.165, 1.54) is 83.5 Å². The topological polar surface area (TPSA) is 0 Å². The Morgan fingerprint density at radius 1 is 0.619 bits per heavy atom. The number of hydrogen-bond acceptors (Lipinski definition) is 0. The number of rotatable bonds is 14. The summed E-state index contributed by atoms with van der Waals surface area (Å²) in [6.45, 7) is 4.63. The van der Waals surface area contributed by atoms with Crippen LogP contribution in [0.3, 0.4) is 0 Å². The van der Waals surface area contributed by atoms with Gasteiger partial charge in [0.25, 0.3) is 0 Å². The lowest BCUT2D eigenvalue weighted by Crippen LogP contribution is -3.00. The second-order valence-corrected chi connectivity index (χ2v) is 7.50. The molecule has 0 aromatic heterocycles. The summed E-state index contributed by atoms with van der Waals surface area (Å²) in [6, 6.07) is 0.855. The molecule has 21 heavy (non-hydrogen) atoms. The van der Waals surface area contributed by atoms with E-state index in [4.69, 9.17) is 0 Å². The fourth-order valence-electron chi connectivity index (χ4n) is 3.18. The standard InChI is InChI=1S/C19H42N.BrH/c1-6-8-9-10-11-12-13-14-15-16-17-18-19(7-2)20(3,4)5;/h19H,6-18H2,1-5H3;1H/q+1;/p-1. The lowest BCUT2D eigenvalue weighted by molar-refractivity contribution is -0.896. The third kappa shape index (κ3) is 15.1. The van der Waals surface area contributed by atoms with Gasteiger partial charge in [-0.05, 0) is 19.3 Å². The minimum Gasteiger partial charge on any atom is -1.00 e. The minimum atomic E-state index is 0. The van der Waals surface area contributed by atoms with Crippen molar-refractivity contribution in [2.75, 3.05) is 21.1 Å². The number of hydrogen-bond donors (Lipinski definition) is 0. The fraction of sp³-hybridized carbons (Fsp3) is 1.00. The first-order valence-corrected chi connectivity index (χ1v) is 9.33. The molecule has 0 amide bonds. The van der Waals surface area contributed by atoms with Crippen molar-refractivity contribution in [3.05, 3.63) is 0 Å². The highest BCUT2D eigenvalue weighted by atomic mass is 79.9. The molecule has 0 aliphatic rings. The Labute approximate surface area is 146 Å². The van der Waals surface area contributed by atoms with Crippen molar-refractivity contribution in [2.24, 2.45) is 0 Å². The first-order valence-electron chi connectivity index (χ1n) is 9.33. The number of nitrogens with zero attached hydrogens (tertiary/aromatic N) is 1. The van der Waals surface area contributed by atoms with Crippen LogP contribution >= 0.6 is 0 Å². The summed E-state index contributed by atoms with van der Waals surface area (Å²) >= 11 is 0. The number of halogens is 1. The van der Waals surface area contributed by atoms with Gasteiger partial charge in [-0.3, -0.25) is 0 Å². The van der Waals surface area contributed by atoms with Gasteiger partial charge in [-0.15, -0.1) is 0 Å². The maximum atomic E-state index is 2.34. The van der Waals surface area contributed by atoms with E-state index in [1.807, 2.05) is 0 Å². The molecule has 0 aliphatic carbocycles. The van der Waals surface area contributed by atoms with E-state index >= 15 is 0 Å². The zero-order valence-electron chi connectivity index (χ0n) is 15.6. The largest absolute Gasteiger partial charge is 1.00 e. The monoisotopic (exact) mass is 363 g/mol. The third-order valence-electron chi connectivity index (χ3n) is 4.71. The zero-order valence-corrected chi connectivity index (χ0v) is 17.2. The molecule has 0 aliphatic heterocycles. The summed E-state index contributed by atoms with van der Waals surface area (Å²) in [4.78, 5) is 0. The normalized spacial score (nSPS) is 13.0. The van der Waals surface area contributed by atoms with Crippen LogP contribution in [0.25, 0.3) is 0 Å². The van der Waals surface area contributed by atoms with Gasteiger partial charge in [-0.2, -0.15) is 0 Å². The van der Waals surface area contributed by atoms with Crippen molar-refractivity contribution < 1.29 is 21.5 Å². The smallest absolute Gasteiger partial charge is 0.0881 e. The van der Waals surface area contributed by atoms with Gasteiger partial charge in [-0.1, -0.05) is 78.1 Å². The van der Waals surface area contributed by atoms with Gasteiger partial charge in [0.05, 0.1) is 27.2 Å². The van der Waals surface area contributed by atoms with Gasteiger partial charge in [0.15, 0.2) is 0 Å². The summed E-state index contributed by atoms with van der Waals surface area (Å²) in [5.41, 5.74) is 0. The van der Waals surface area contributed by atoms with Gasteiger partial charge in [0.2, 0.25) is 0 Å². The molecule has 0 radical (unpaired) electrons. The number of quaternary nitrogens is 1. The van der Waals surface area contributed by atoms with Gasteiger partial charge >= 0.3 is 0 Å². The van der Waals surface area contributed by atoms with Crippen molar-refractivity contribution in [1.29, 1.82) is 0 Å². The van der Waals surface area contributed by atoms with Crippen LogP contribution in [0.5, 0.6) is 0 Å². The minimum absolute atomic E-state index is 0. The molecule has 130 valence electrons. The highest BCUT2D eigenvalue weighted by Crippen LogP contribution is 2.17. The van der Waals surface area contributed by atoms with Crippen molar-refractivity contribution in [1.82, 2.24) is 0 Å². The number of unbranched alkanes of at least 4 members (excludes halogenated alkanes) is 10. The Hall–Kier alpha value is 0.440. The van der Waals surface area contributed by atoms with Crippen LogP contribution in [-0.4, -0.2) is 31.7 Å². The van der Waals surface area contributed by atoms with E-state index in [-0.39, 0.29) is 17.0 Å². The summed E-state index contributed by atoms with van der Waals surface area (Å²) in [7, 11) is 7.02. The molecule has 1 nitrogen and oxygen atoms in total. The maximum Gasteiger partial charge on any atom is 0.0881 e. The lowest BCUT2D eigenvalue weighted by Gasteiger charge is -2.33. The maximum absolute atomic E-state index is 2.34. The van der Waals surface area contributed by atoms with Gasteiger partial charge in [0.1, 0.15) is 0 Å². The van der Waals surface area contributed by atoms with E-state index in [2.05, 4.69) is 35.0 Å². The van der Waals surface area contributed by atoms with Crippen LogP contribution in [0.4, 0.5) is 0 Å². The van der Waals surface area contributed by atoms with Crippen molar-refractivity contribution in [2.45, 2.75) is 103 Å². The van der Waals surface area contributed by atoms with Gasteiger partial charge < -0.3 is 21.5 Å². The van der Waals surface area contributed by atoms with E-state index in [0.29, 0.717) is 0 Å². The Morgan fingerprint density at radius 2 is 1.00 bits per heavy atom. The molecule has 0 bridgehead atoms. The second kappa shape index (κ2) is 15.3. The van der Waals surface area contributed by atoms with E-state index in [1.54, 1.807) is 0 Å². The molecule has 0 aromatic rings. The van der Waals surface area contributed by atoms with Crippen LogP contribution in [0.15, 0.2) is 0 Å². The highest BCUT2D eigenvalue weighted by molar-refractivity contribution is 4.56. The molecule has 0 N–H and O–H groups in total. The first kappa shape index (κ1) is 23.7. The zero-order chi connectivity index (χ0) is 15.3. The predicted octanol–water partition coefficient (Wildman–Crippen LogP) is 3.18. The predicted molar refractivity (Wildman–Crippen MR) is 93.2 cm³/mol. The average molecular weight is 364 g/mol. The average Bonchev–Trinajstić information content (AvgIpc) is 2.38. The second-order valence-electron chi connectivity index (χ2n) is 7.50. The molecular weight excluding hydrogens is 322 g/mol. The first-order chi connectivity index (χ1) is 9.52. The van der Waals surface area contributed by atoms with Crippen molar-refractivity contribution >= 4 is 0 Å². The van der Waals surface area contributed by atoms with Gasteiger partial charge in [-0.25, -0.2) is 0 Å². The highest BCUT2D eigenvalue weighted by Gasteiger charge is 2.20. The molecular formula is C19H42BrN. The molecule has 0 aromatic carbocycles. The van der Waals surface area contributed by atoms with Crippen LogP contribution < -0.4 is 17.0 Å². The van der Waals surface area contributed by atoms with Crippen molar-refractivity contribution in [3.63, 3.8) is 0 Å². The molecule has 0 saturated heterocycles. The molecule has 0 fully saturated rings. The molecule has 0 rings (SSSR count). The fourth-order valence-corrected chi connectivity index (χ4v) is 3.18. The Balaban J connectivity index is 0. The molecule has 0 spiro atoms. The lowest BCUT2D eigenvalue weighted by atomic mass is 10.0. The van der Waals surface area contributed by atoms with Crippen LogP contribution in [0, 0.1) is 0 Å². The van der Waals surface area contributed by atoms with E-state index in [9.17, 15) is 0 Å². The summed E-state index contributed by atoms with van der Waals surface area (Å²) < 4.78 is 1.13. The summed E-state index contributed by atoms with van der Waals surface area (Å²) in [5.74, 6) is 0. The summed E-state index contributed by atoms with van der Waals surface area (Å²) in [6.07, 6.45) is 18.7. The Morgan fingerprint density at radius 3 is 1.33 bits per heavy atom. The molecule has 0 heterocycles. The SMILES string of the molecule is CCCCCCCCCCCCCC(CC)[N+](C)(C)C.[Br-]. The molecule has 2 heteroatoms. The van der Waals surface area contributed by atoms with Crippen LogP contribution in [-0.2, 0) is 0 Å². The third-order valence-corrected chi connectivity index (χ3v) is 4.71. The van der Waals surface area contributed by atoms with Crippen LogP contribution in [0.2, 0.25) is 0 Å². The quantitative estimate of drug-likeness (QED) is 0.328. The van der Waals surface area contributed by atoms with Crippen molar-refractivity contribution in [3.8, 4) is 0 Å².